The molecule has 6 heteroatoms. The SMILES string of the molecule is CC(C)CC(CO)Nc1ncc(C(=O)O)cc1Cl. The van der Waals surface area contributed by atoms with Crippen molar-refractivity contribution in [3.63, 3.8) is 0 Å². The number of carboxylic acids is 1. The summed E-state index contributed by atoms with van der Waals surface area (Å²) in [5.41, 5.74) is 0.0370. The maximum Gasteiger partial charge on any atom is 0.337 e. The number of aliphatic hydroxyl groups excluding tert-OH is 1. The molecule has 100 valence electrons. The molecule has 1 rings (SSSR count). The molecule has 0 aliphatic carbocycles. The topological polar surface area (TPSA) is 82.5 Å². The second kappa shape index (κ2) is 6.56. The molecule has 0 radical (unpaired) electrons. The molecule has 1 aromatic rings. The zero-order chi connectivity index (χ0) is 13.7. The largest absolute Gasteiger partial charge is 0.478 e. The fourth-order valence-corrected chi connectivity index (χ4v) is 1.82. The predicted molar refractivity (Wildman–Crippen MR) is 70.2 cm³/mol. The summed E-state index contributed by atoms with van der Waals surface area (Å²) in [5, 5.41) is 21.3. The smallest absolute Gasteiger partial charge is 0.337 e. The molecule has 0 aliphatic heterocycles. The Labute approximate surface area is 111 Å². The lowest BCUT2D eigenvalue weighted by Gasteiger charge is -2.19. The number of pyridine rings is 1. The Morgan fingerprint density at radius 2 is 2.22 bits per heavy atom. The van der Waals surface area contributed by atoms with Gasteiger partial charge in [0.1, 0.15) is 5.82 Å². The maximum atomic E-state index is 10.7. The van der Waals surface area contributed by atoms with Crippen molar-refractivity contribution in [1.82, 2.24) is 4.98 Å². The quantitative estimate of drug-likeness (QED) is 0.740. The fourth-order valence-electron chi connectivity index (χ4n) is 1.60. The zero-order valence-electron chi connectivity index (χ0n) is 10.4. The molecule has 18 heavy (non-hydrogen) atoms. The van der Waals surface area contributed by atoms with Crippen LogP contribution < -0.4 is 5.32 Å². The van der Waals surface area contributed by atoms with Crippen LogP contribution in [-0.2, 0) is 0 Å². The van der Waals surface area contributed by atoms with E-state index in [-0.39, 0.29) is 23.2 Å². The average molecular weight is 273 g/mol. The number of aliphatic hydroxyl groups is 1. The van der Waals surface area contributed by atoms with Crippen LogP contribution in [0.25, 0.3) is 0 Å². The Balaban J connectivity index is 2.80. The normalized spacial score (nSPS) is 12.5. The van der Waals surface area contributed by atoms with Gasteiger partial charge in [-0.15, -0.1) is 0 Å². The second-order valence-corrected chi connectivity index (χ2v) is 4.92. The van der Waals surface area contributed by atoms with Gasteiger partial charge in [0.25, 0.3) is 0 Å². The van der Waals surface area contributed by atoms with Crippen LogP contribution in [0.2, 0.25) is 5.02 Å². The molecule has 0 spiro atoms. The van der Waals surface area contributed by atoms with Gasteiger partial charge in [-0.2, -0.15) is 0 Å². The third-order valence-corrected chi connectivity index (χ3v) is 2.69. The highest BCUT2D eigenvalue weighted by Gasteiger charge is 2.14. The number of hydrogen-bond acceptors (Lipinski definition) is 4. The summed E-state index contributed by atoms with van der Waals surface area (Å²) in [5.74, 6) is -0.259. The van der Waals surface area contributed by atoms with E-state index in [1.807, 2.05) is 13.8 Å². The van der Waals surface area contributed by atoms with Crippen LogP contribution in [-0.4, -0.2) is 33.8 Å². The van der Waals surface area contributed by atoms with Gasteiger partial charge in [0, 0.05) is 6.20 Å². The third kappa shape index (κ3) is 4.16. The lowest BCUT2D eigenvalue weighted by molar-refractivity contribution is 0.0696. The van der Waals surface area contributed by atoms with Crippen LogP contribution in [0.1, 0.15) is 30.6 Å². The highest BCUT2D eigenvalue weighted by atomic mass is 35.5. The van der Waals surface area contributed by atoms with E-state index in [9.17, 15) is 9.90 Å². The molecule has 1 aromatic heterocycles. The molecule has 0 fully saturated rings. The van der Waals surface area contributed by atoms with Crippen LogP contribution in [0.5, 0.6) is 0 Å². The van der Waals surface area contributed by atoms with Crippen LogP contribution in [0.15, 0.2) is 12.3 Å². The summed E-state index contributed by atoms with van der Waals surface area (Å²) < 4.78 is 0. The highest BCUT2D eigenvalue weighted by molar-refractivity contribution is 6.33. The Kier molecular flexibility index (Phi) is 5.37. The Morgan fingerprint density at radius 1 is 1.56 bits per heavy atom. The van der Waals surface area contributed by atoms with Crippen molar-refractivity contribution in [2.24, 2.45) is 5.92 Å². The summed E-state index contributed by atoms with van der Waals surface area (Å²) in [6, 6.07) is 1.19. The van der Waals surface area contributed by atoms with Crippen molar-refractivity contribution in [2.75, 3.05) is 11.9 Å². The monoisotopic (exact) mass is 272 g/mol. The van der Waals surface area contributed by atoms with Gasteiger partial charge >= 0.3 is 5.97 Å². The van der Waals surface area contributed by atoms with Crippen LogP contribution in [0.4, 0.5) is 5.82 Å². The molecule has 1 heterocycles. The summed E-state index contributed by atoms with van der Waals surface area (Å²) in [7, 11) is 0. The van der Waals surface area contributed by atoms with Crippen molar-refractivity contribution in [1.29, 1.82) is 0 Å². The molecule has 0 amide bonds. The number of anilines is 1. The van der Waals surface area contributed by atoms with Crippen molar-refractivity contribution < 1.29 is 15.0 Å². The van der Waals surface area contributed by atoms with E-state index in [4.69, 9.17) is 16.7 Å². The van der Waals surface area contributed by atoms with Crippen molar-refractivity contribution in [3.05, 3.63) is 22.8 Å². The molecule has 5 nitrogen and oxygen atoms in total. The van der Waals surface area contributed by atoms with Gasteiger partial charge in [-0.25, -0.2) is 9.78 Å². The number of nitrogens with zero attached hydrogens (tertiary/aromatic N) is 1. The van der Waals surface area contributed by atoms with Gasteiger partial charge in [0.2, 0.25) is 0 Å². The molecule has 1 unspecified atom stereocenters. The summed E-state index contributed by atoms with van der Waals surface area (Å²) >= 11 is 5.94. The minimum Gasteiger partial charge on any atom is -0.478 e. The average Bonchev–Trinajstić information content (AvgIpc) is 2.29. The Hall–Kier alpha value is -1.33. The molecule has 0 saturated carbocycles. The minimum atomic E-state index is -1.07. The standard InChI is InChI=1S/C12H17ClN2O3/c1-7(2)3-9(6-16)15-11-10(13)4-8(5-14-11)12(17)18/h4-5,7,9,16H,3,6H2,1-2H3,(H,14,15)(H,17,18). The van der Waals surface area contributed by atoms with E-state index >= 15 is 0 Å². The van der Waals surface area contributed by atoms with E-state index in [0.717, 1.165) is 6.42 Å². The van der Waals surface area contributed by atoms with Gasteiger partial charge in [0.15, 0.2) is 0 Å². The number of carbonyl (C=O) groups is 1. The molecule has 3 N–H and O–H groups in total. The maximum absolute atomic E-state index is 10.7. The zero-order valence-corrected chi connectivity index (χ0v) is 11.1. The van der Waals surface area contributed by atoms with Crippen LogP contribution in [0.3, 0.4) is 0 Å². The predicted octanol–water partition coefficient (Wildman–Crippen LogP) is 2.25. The molecule has 0 bridgehead atoms. The lowest BCUT2D eigenvalue weighted by Crippen LogP contribution is -2.26. The van der Waals surface area contributed by atoms with E-state index in [1.54, 1.807) is 0 Å². The number of carboxylic acid groups (broad SMARTS) is 1. The highest BCUT2D eigenvalue weighted by Crippen LogP contribution is 2.22. The first-order valence-corrected chi connectivity index (χ1v) is 6.08. The van der Waals surface area contributed by atoms with E-state index in [1.165, 1.54) is 12.3 Å². The Morgan fingerprint density at radius 3 is 2.67 bits per heavy atom. The lowest BCUT2D eigenvalue weighted by atomic mass is 10.0. The van der Waals surface area contributed by atoms with Crippen molar-refractivity contribution in [3.8, 4) is 0 Å². The Bertz CT molecular complexity index is 424. The summed E-state index contributed by atoms with van der Waals surface area (Å²) in [6.07, 6.45) is 2.01. The molecule has 0 saturated heterocycles. The first-order valence-electron chi connectivity index (χ1n) is 5.70. The third-order valence-electron chi connectivity index (χ3n) is 2.41. The second-order valence-electron chi connectivity index (χ2n) is 4.51. The van der Waals surface area contributed by atoms with Gasteiger partial charge in [-0.1, -0.05) is 25.4 Å². The number of nitrogens with one attached hydrogen (secondary N) is 1. The molecular formula is C12H17ClN2O3. The van der Waals surface area contributed by atoms with Crippen molar-refractivity contribution >= 4 is 23.4 Å². The number of aromatic nitrogens is 1. The van der Waals surface area contributed by atoms with E-state index in [0.29, 0.717) is 11.7 Å². The van der Waals surface area contributed by atoms with Gasteiger partial charge < -0.3 is 15.5 Å². The number of rotatable bonds is 6. The number of halogens is 1. The first kappa shape index (κ1) is 14.7. The summed E-state index contributed by atoms with van der Waals surface area (Å²) in [4.78, 5) is 14.7. The molecular weight excluding hydrogens is 256 g/mol. The van der Waals surface area contributed by atoms with Gasteiger partial charge in [-0.05, 0) is 18.4 Å². The van der Waals surface area contributed by atoms with Crippen LogP contribution in [0, 0.1) is 5.92 Å². The van der Waals surface area contributed by atoms with E-state index in [2.05, 4.69) is 10.3 Å². The number of hydrogen-bond donors (Lipinski definition) is 3. The van der Waals surface area contributed by atoms with Gasteiger partial charge in [0.05, 0.1) is 23.2 Å². The first-order chi connectivity index (χ1) is 8.43. The number of aromatic carboxylic acids is 1. The van der Waals surface area contributed by atoms with Crippen molar-refractivity contribution in [2.45, 2.75) is 26.3 Å². The minimum absolute atomic E-state index is 0.0309. The van der Waals surface area contributed by atoms with Gasteiger partial charge in [-0.3, -0.25) is 0 Å². The molecule has 0 aliphatic rings. The molecule has 0 aromatic carbocycles. The fraction of sp³-hybridized carbons (Fsp3) is 0.500. The van der Waals surface area contributed by atoms with Crippen LogP contribution >= 0.6 is 11.6 Å². The molecule has 1 atom stereocenters. The summed E-state index contributed by atoms with van der Waals surface area (Å²) in [6.45, 7) is 4.07. The van der Waals surface area contributed by atoms with E-state index < -0.39 is 5.97 Å².